The molecule has 2 fully saturated rings. The Morgan fingerprint density at radius 3 is 2.36 bits per heavy atom. The van der Waals surface area contributed by atoms with E-state index in [1.807, 2.05) is 0 Å². The first kappa shape index (κ1) is 18.5. The van der Waals surface area contributed by atoms with Crippen LogP contribution >= 0.6 is 0 Å². The molecule has 2 heterocycles. The van der Waals surface area contributed by atoms with Gasteiger partial charge in [-0.25, -0.2) is 8.42 Å². The van der Waals surface area contributed by atoms with Gasteiger partial charge in [0, 0.05) is 44.9 Å². The fourth-order valence-corrected chi connectivity index (χ4v) is 4.82. The summed E-state index contributed by atoms with van der Waals surface area (Å²) in [5.74, 6) is -0.0671. The summed E-state index contributed by atoms with van der Waals surface area (Å²) in [4.78, 5) is 13.9. The van der Waals surface area contributed by atoms with Gasteiger partial charge in [-0.1, -0.05) is 12.1 Å². The maximum atomic E-state index is 12.8. The minimum atomic E-state index is -3.50. The molecular formula is C18H26N2O4S. The minimum Gasteiger partial charge on any atom is -0.377 e. The average Bonchev–Trinajstić information content (AvgIpc) is 2.63. The molecule has 1 aromatic rings. The van der Waals surface area contributed by atoms with Gasteiger partial charge in [0.25, 0.3) is 0 Å². The first-order valence-electron chi connectivity index (χ1n) is 8.92. The molecule has 3 rings (SSSR count). The minimum absolute atomic E-state index is 0.0671. The second-order valence-electron chi connectivity index (χ2n) is 6.77. The van der Waals surface area contributed by atoms with Crippen molar-refractivity contribution in [3.05, 3.63) is 29.8 Å². The van der Waals surface area contributed by atoms with Crippen LogP contribution < -0.4 is 0 Å². The maximum Gasteiger partial charge on any atom is 0.243 e. The van der Waals surface area contributed by atoms with E-state index < -0.39 is 10.0 Å². The van der Waals surface area contributed by atoms with Crippen molar-refractivity contribution < 1.29 is 17.9 Å². The summed E-state index contributed by atoms with van der Waals surface area (Å²) in [6, 6.07) is 6.19. The van der Waals surface area contributed by atoms with Gasteiger partial charge in [0.1, 0.15) is 0 Å². The lowest BCUT2D eigenvalue weighted by atomic mass is 10.1. The summed E-state index contributed by atoms with van der Waals surface area (Å²) in [7, 11) is -3.50. The molecule has 0 amide bonds. The van der Waals surface area contributed by atoms with Crippen molar-refractivity contribution in [3.8, 4) is 0 Å². The first-order valence-corrected chi connectivity index (χ1v) is 10.4. The van der Waals surface area contributed by atoms with Gasteiger partial charge in [-0.15, -0.1) is 0 Å². The maximum absolute atomic E-state index is 12.8. The van der Waals surface area contributed by atoms with Crippen molar-refractivity contribution in [2.45, 2.75) is 37.2 Å². The zero-order valence-corrected chi connectivity index (χ0v) is 15.5. The predicted octanol–water partition coefficient (Wildman–Crippen LogP) is 1.76. The molecular weight excluding hydrogens is 340 g/mol. The number of ether oxygens (including phenoxy) is 1. The zero-order valence-electron chi connectivity index (χ0n) is 14.7. The molecule has 0 N–H and O–H groups in total. The van der Waals surface area contributed by atoms with Crippen molar-refractivity contribution >= 4 is 15.8 Å². The van der Waals surface area contributed by atoms with E-state index in [9.17, 15) is 13.2 Å². The fourth-order valence-electron chi connectivity index (χ4n) is 3.40. The Kier molecular flexibility index (Phi) is 5.89. The Labute approximate surface area is 149 Å². The van der Waals surface area contributed by atoms with Gasteiger partial charge in [-0.05, 0) is 38.3 Å². The molecule has 2 aliphatic rings. The van der Waals surface area contributed by atoms with Crippen molar-refractivity contribution in [3.63, 3.8) is 0 Å². The van der Waals surface area contributed by atoms with Crippen LogP contribution in [0.2, 0.25) is 0 Å². The van der Waals surface area contributed by atoms with Crippen molar-refractivity contribution in [1.82, 2.24) is 9.21 Å². The number of nitrogens with zero attached hydrogens (tertiary/aromatic N) is 2. The highest BCUT2D eigenvalue weighted by atomic mass is 32.2. The third-order valence-electron chi connectivity index (χ3n) is 4.97. The quantitative estimate of drug-likeness (QED) is 0.743. The number of benzene rings is 1. The van der Waals surface area contributed by atoms with Crippen LogP contribution in [-0.2, 0) is 14.8 Å². The third-order valence-corrected chi connectivity index (χ3v) is 6.88. The number of hydrogen-bond donors (Lipinski definition) is 0. The molecule has 0 saturated carbocycles. The van der Waals surface area contributed by atoms with Gasteiger partial charge in [0.15, 0.2) is 5.78 Å². The van der Waals surface area contributed by atoms with Crippen LogP contribution in [-0.4, -0.2) is 68.8 Å². The van der Waals surface area contributed by atoms with E-state index in [2.05, 4.69) is 4.90 Å². The van der Waals surface area contributed by atoms with Gasteiger partial charge >= 0.3 is 0 Å². The van der Waals surface area contributed by atoms with E-state index in [4.69, 9.17) is 4.74 Å². The molecule has 7 heteroatoms. The van der Waals surface area contributed by atoms with E-state index in [1.54, 1.807) is 12.1 Å². The number of carbonyl (C=O) groups excluding carboxylic acids is 1. The average molecular weight is 366 g/mol. The summed E-state index contributed by atoms with van der Waals surface area (Å²) < 4.78 is 32.8. The van der Waals surface area contributed by atoms with Crippen molar-refractivity contribution in [2.24, 2.45) is 0 Å². The molecule has 138 valence electrons. The lowest BCUT2D eigenvalue weighted by Crippen LogP contribution is -2.50. The topological polar surface area (TPSA) is 66.9 Å². The highest BCUT2D eigenvalue weighted by molar-refractivity contribution is 7.89. The van der Waals surface area contributed by atoms with Crippen molar-refractivity contribution in [1.29, 1.82) is 0 Å². The van der Waals surface area contributed by atoms with Crippen LogP contribution in [0.5, 0.6) is 0 Å². The number of sulfonamides is 1. The molecule has 6 nitrogen and oxygen atoms in total. The van der Waals surface area contributed by atoms with E-state index >= 15 is 0 Å². The largest absolute Gasteiger partial charge is 0.377 e. The Morgan fingerprint density at radius 2 is 1.80 bits per heavy atom. The first-order chi connectivity index (χ1) is 12.0. The Hall–Kier alpha value is -1.28. The second kappa shape index (κ2) is 7.95. The molecule has 0 bridgehead atoms. The molecule has 1 atom stereocenters. The number of Topliss-reactive ketones (excluding diaryl/α,β-unsaturated/α-hetero) is 1. The predicted molar refractivity (Wildman–Crippen MR) is 95.2 cm³/mol. The summed E-state index contributed by atoms with van der Waals surface area (Å²) in [6.45, 7) is 5.64. The summed E-state index contributed by atoms with van der Waals surface area (Å²) in [5, 5.41) is 0. The number of ketones is 1. The monoisotopic (exact) mass is 366 g/mol. The smallest absolute Gasteiger partial charge is 0.243 e. The van der Waals surface area contributed by atoms with Crippen LogP contribution in [0.4, 0.5) is 0 Å². The van der Waals surface area contributed by atoms with Gasteiger partial charge in [0.2, 0.25) is 10.0 Å². The SMILES string of the molecule is CC(=O)c1ccc(S(=O)(=O)N2CCN(C[C@H]3CCCCO3)CC2)cc1. The molecule has 0 unspecified atom stereocenters. The van der Waals surface area contributed by atoms with Gasteiger partial charge in [0.05, 0.1) is 11.0 Å². The Morgan fingerprint density at radius 1 is 1.12 bits per heavy atom. The molecule has 0 aliphatic carbocycles. The van der Waals surface area contributed by atoms with Gasteiger partial charge in [-0.2, -0.15) is 4.31 Å². The van der Waals surface area contributed by atoms with E-state index in [1.165, 1.54) is 29.8 Å². The van der Waals surface area contributed by atoms with Crippen LogP contribution in [0, 0.1) is 0 Å². The standard InChI is InChI=1S/C18H26N2O4S/c1-15(21)16-5-7-18(8-6-16)25(22,23)20-11-9-19(10-12-20)14-17-4-2-3-13-24-17/h5-8,17H,2-4,9-14H2,1H3/t17-/m1/s1. The molecule has 25 heavy (non-hydrogen) atoms. The van der Waals surface area contributed by atoms with Crippen molar-refractivity contribution in [2.75, 3.05) is 39.3 Å². The lowest BCUT2D eigenvalue weighted by molar-refractivity contribution is -0.0103. The molecule has 0 spiro atoms. The highest BCUT2D eigenvalue weighted by Gasteiger charge is 2.29. The van der Waals surface area contributed by atoms with E-state index in [0.717, 1.165) is 39.1 Å². The number of rotatable bonds is 5. The van der Waals surface area contributed by atoms with E-state index in [-0.39, 0.29) is 16.8 Å². The molecule has 0 aromatic heterocycles. The highest BCUT2D eigenvalue weighted by Crippen LogP contribution is 2.20. The summed E-state index contributed by atoms with van der Waals surface area (Å²) >= 11 is 0. The van der Waals surface area contributed by atoms with Crippen LogP contribution in [0.15, 0.2) is 29.2 Å². The fraction of sp³-hybridized carbons (Fsp3) is 0.611. The number of hydrogen-bond acceptors (Lipinski definition) is 5. The third kappa shape index (κ3) is 4.47. The van der Waals surface area contributed by atoms with Crippen LogP contribution in [0.3, 0.4) is 0 Å². The van der Waals surface area contributed by atoms with Crippen LogP contribution in [0.25, 0.3) is 0 Å². The zero-order chi connectivity index (χ0) is 17.9. The molecule has 2 saturated heterocycles. The number of carbonyl (C=O) groups is 1. The van der Waals surface area contributed by atoms with E-state index in [0.29, 0.717) is 18.7 Å². The van der Waals surface area contributed by atoms with Gasteiger partial charge < -0.3 is 4.74 Å². The second-order valence-corrected chi connectivity index (χ2v) is 8.71. The van der Waals surface area contributed by atoms with Crippen LogP contribution in [0.1, 0.15) is 36.5 Å². The normalized spacial score (nSPS) is 23.5. The Balaban J connectivity index is 1.58. The van der Waals surface area contributed by atoms with Gasteiger partial charge in [-0.3, -0.25) is 9.69 Å². The summed E-state index contributed by atoms with van der Waals surface area (Å²) in [5.41, 5.74) is 0.524. The molecule has 2 aliphatic heterocycles. The molecule has 1 aromatic carbocycles. The lowest BCUT2D eigenvalue weighted by Gasteiger charge is -2.36. The molecule has 0 radical (unpaired) electrons. The Bertz CT molecular complexity index is 688. The summed E-state index contributed by atoms with van der Waals surface area (Å²) in [6.07, 6.45) is 3.75. The number of piperazine rings is 1.